The summed E-state index contributed by atoms with van der Waals surface area (Å²) in [6.07, 6.45) is 5.19. The van der Waals surface area contributed by atoms with Gasteiger partial charge in [-0.25, -0.2) is 9.97 Å². The van der Waals surface area contributed by atoms with E-state index in [-0.39, 0.29) is 6.61 Å². The molecule has 92 valence electrons. The number of aliphatic hydroxyl groups is 1. The number of nitrogens with zero attached hydrogens (tertiary/aromatic N) is 3. The normalized spacial score (nSPS) is 10.9. The van der Waals surface area contributed by atoms with E-state index < -0.39 is 0 Å². The summed E-state index contributed by atoms with van der Waals surface area (Å²) >= 11 is 0. The second-order valence-corrected chi connectivity index (χ2v) is 3.44. The van der Waals surface area contributed by atoms with Gasteiger partial charge in [-0.1, -0.05) is 0 Å². The highest BCUT2D eigenvalue weighted by atomic mass is 16.5. The lowest BCUT2D eigenvalue weighted by Crippen LogP contribution is -2.13. The fraction of sp³-hybridized carbons (Fsp3) is 0.400. The molecule has 0 fully saturated rings. The number of nitrogens with two attached hydrogens (primary N) is 1. The van der Waals surface area contributed by atoms with E-state index in [2.05, 4.69) is 15.3 Å². The molecule has 2 rings (SSSR count). The Kier molecular flexibility index (Phi) is 3.73. The summed E-state index contributed by atoms with van der Waals surface area (Å²) in [5.74, 6) is 1.05. The molecule has 7 heteroatoms. The molecule has 4 N–H and O–H groups in total. The fourth-order valence-corrected chi connectivity index (χ4v) is 1.48. The van der Waals surface area contributed by atoms with E-state index in [0.29, 0.717) is 31.4 Å². The number of aromatic nitrogens is 3. The van der Waals surface area contributed by atoms with Crippen LogP contribution in [0, 0.1) is 0 Å². The van der Waals surface area contributed by atoms with Gasteiger partial charge in [0.25, 0.3) is 0 Å². The third kappa shape index (κ3) is 2.83. The van der Waals surface area contributed by atoms with Crippen LogP contribution in [0.15, 0.2) is 18.6 Å². The lowest BCUT2D eigenvalue weighted by molar-refractivity contribution is 0.0992. The van der Waals surface area contributed by atoms with Crippen LogP contribution in [0.2, 0.25) is 0 Å². The summed E-state index contributed by atoms with van der Waals surface area (Å²) in [6.45, 7) is 1.44. The van der Waals surface area contributed by atoms with Gasteiger partial charge in [-0.2, -0.15) is 0 Å². The highest BCUT2D eigenvalue weighted by molar-refractivity contribution is 5.64. The molecule has 0 radical (unpaired) electrons. The molecule has 0 aliphatic rings. The molecule has 7 nitrogen and oxygen atoms in total. The van der Waals surface area contributed by atoms with Gasteiger partial charge in [0, 0.05) is 18.9 Å². The molecule has 17 heavy (non-hydrogen) atoms. The van der Waals surface area contributed by atoms with E-state index in [9.17, 15) is 0 Å². The van der Waals surface area contributed by atoms with Gasteiger partial charge in [0.2, 0.25) is 0 Å². The number of aliphatic hydroxyl groups excluding tert-OH is 1. The lowest BCUT2D eigenvalue weighted by Gasteiger charge is -2.08. The van der Waals surface area contributed by atoms with Crippen molar-refractivity contribution in [3.63, 3.8) is 0 Å². The van der Waals surface area contributed by atoms with E-state index in [1.807, 2.05) is 0 Å². The first kappa shape index (κ1) is 11.6. The fourth-order valence-electron chi connectivity index (χ4n) is 1.48. The molecule has 0 aromatic carbocycles. The van der Waals surface area contributed by atoms with Crippen molar-refractivity contribution in [2.24, 2.45) is 0 Å². The second kappa shape index (κ2) is 5.46. The summed E-state index contributed by atoms with van der Waals surface area (Å²) in [7, 11) is 0. The number of fused-ring (bicyclic) bond motifs is 1. The van der Waals surface area contributed by atoms with Crippen LogP contribution in [0.3, 0.4) is 0 Å². The highest BCUT2D eigenvalue weighted by Crippen LogP contribution is 2.13. The van der Waals surface area contributed by atoms with Crippen LogP contribution in [0.1, 0.15) is 0 Å². The van der Waals surface area contributed by atoms with Crippen LogP contribution in [0.5, 0.6) is 0 Å². The Morgan fingerprint density at radius 3 is 3.18 bits per heavy atom. The Hall–Kier alpha value is -1.86. The molecule has 0 saturated carbocycles. The maximum absolute atomic E-state index is 8.54. The van der Waals surface area contributed by atoms with Crippen molar-refractivity contribution >= 4 is 17.3 Å². The van der Waals surface area contributed by atoms with Gasteiger partial charge in [-0.3, -0.25) is 0 Å². The molecule has 0 bridgehead atoms. The third-order valence-electron chi connectivity index (χ3n) is 2.17. The molecule has 0 aliphatic carbocycles. The van der Waals surface area contributed by atoms with Gasteiger partial charge < -0.3 is 25.3 Å². The topological polar surface area (TPSA) is 97.7 Å². The summed E-state index contributed by atoms with van der Waals surface area (Å²) < 4.78 is 6.93. The summed E-state index contributed by atoms with van der Waals surface area (Å²) in [5, 5.41) is 11.6. The Labute approximate surface area is 98.2 Å². The molecule has 0 saturated heterocycles. The van der Waals surface area contributed by atoms with Gasteiger partial charge >= 0.3 is 0 Å². The molecular formula is C10H15N5O2. The monoisotopic (exact) mass is 237 g/mol. The van der Waals surface area contributed by atoms with E-state index in [1.54, 1.807) is 23.0 Å². The van der Waals surface area contributed by atoms with Crippen LogP contribution < -0.4 is 11.1 Å². The van der Waals surface area contributed by atoms with Gasteiger partial charge in [0.1, 0.15) is 5.82 Å². The van der Waals surface area contributed by atoms with Gasteiger partial charge in [0.05, 0.1) is 26.0 Å². The zero-order valence-electron chi connectivity index (χ0n) is 9.33. The van der Waals surface area contributed by atoms with Crippen molar-refractivity contribution in [3.05, 3.63) is 18.6 Å². The maximum atomic E-state index is 8.54. The quantitative estimate of drug-likeness (QED) is 0.598. The van der Waals surface area contributed by atoms with Crippen molar-refractivity contribution in [3.8, 4) is 0 Å². The maximum Gasteiger partial charge on any atom is 0.180 e. The number of rotatable bonds is 6. The van der Waals surface area contributed by atoms with Crippen molar-refractivity contribution in [2.45, 2.75) is 0 Å². The average molecular weight is 237 g/mol. The molecule has 0 aliphatic heterocycles. The van der Waals surface area contributed by atoms with E-state index in [1.165, 1.54) is 0 Å². The highest BCUT2D eigenvalue weighted by Gasteiger charge is 2.04. The SMILES string of the molecule is Nc1cn2ccnc2c(NCCOCCO)n1. The second-order valence-electron chi connectivity index (χ2n) is 3.44. The minimum absolute atomic E-state index is 0.0288. The van der Waals surface area contributed by atoms with Crippen molar-refractivity contribution in [2.75, 3.05) is 37.4 Å². The van der Waals surface area contributed by atoms with Crippen molar-refractivity contribution in [1.29, 1.82) is 0 Å². The summed E-state index contributed by atoms with van der Waals surface area (Å²) in [5.41, 5.74) is 6.40. The molecule has 0 atom stereocenters. The average Bonchev–Trinajstić information content (AvgIpc) is 2.76. The van der Waals surface area contributed by atoms with E-state index >= 15 is 0 Å². The summed E-state index contributed by atoms with van der Waals surface area (Å²) in [6, 6.07) is 0. The number of nitrogens with one attached hydrogen (secondary N) is 1. The Bertz CT molecular complexity index is 485. The third-order valence-corrected chi connectivity index (χ3v) is 2.17. The Morgan fingerprint density at radius 1 is 1.47 bits per heavy atom. The molecule has 0 amide bonds. The number of nitrogen functional groups attached to an aromatic ring is 1. The number of hydrogen-bond acceptors (Lipinski definition) is 6. The Morgan fingerprint density at radius 2 is 2.35 bits per heavy atom. The number of imidazole rings is 1. The van der Waals surface area contributed by atoms with Crippen LogP contribution >= 0.6 is 0 Å². The molecule has 0 spiro atoms. The van der Waals surface area contributed by atoms with Crippen LogP contribution in [0.4, 0.5) is 11.6 Å². The Balaban J connectivity index is 2.00. The molecular weight excluding hydrogens is 222 g/mol. The van der Waals surface area contributed by atoms with Crippen LogP contribution in [-0.4, -0.2) is 45.8 Å². The first-order chi connectivity index (χ1) is 8.31. The molecule has 2 aromatic rings. The smallest absolute Gasteiger partial charge is 0.180 e. The first-order valence-corrected chi connectivity index (χ1v) is 5.33. The predicted octanol–water partition coefficient (Wildman–Crippen LogP) is -0.268. The van der Waals surface area contributed by atoms with Crippen molar-refractivity contribution in [1.82, 2.24) is 14.4 Å². The minimum Gasteiger partial charge on any atom is -0.394 e. The lowest BCUT2D eigenvalue weighted by atomic mass is 10.5. The van der Waals surface area contributed by atoms with Gasteiger partial charge in [-0.15, -0.1) is 0 Å². The summed E-state index contributed by atoms with van der Waals surface area (Å²) in [4.78, 5) is 8.35. The van der Waals surface area contributed by atoms with E-state index in [4.69, 9.17) is 15.6 Å². The minimum atomic E-state index is 0.0288. The first-order valence-electron chi connectivity index (χ1n) is 5.33. The zero-order chi connectivity index (χ0) is 12.1. The number of anilines is 2. The number of ether oxygens (including phenoxy) is 1. The van der Waals surface area contributed by atoms with Gasteiger partial charge in [-0.05, 0) is 0 Å². The van der Waals surface area contributed by atoms with Crippen LogP contribution in [0.25, 0.3) is 5.65 Å². The molecule has 0 unspecified atom stereocenters. The predicted molar refractivity (Wildman–Crippen MR) is 63.8 cm³/mol. The zero-order valence-corrected chi connectivity index (χ0v) is 9.33. The van der Waals surface area contributed by atoms with Gasteiger partial charge in [0.15, 0.2) is 11.5 Å². The van der Waals surface area contributed by atoms with E-state index in [0.717, 1.165) is 5.65 Å². The largest absolute Gasteiger partial charge is 0.394 e. The molecule has 2 heterocycles. The number of hydrogen-bond donors (Lipinski definition) is 3. The molecule has 2 aromatic heterocycles. The van der Waals surface area contributed by atoms with Crippen molar-refractivity contribution < 1.29 is 9.84 Å². The standard InChI is InChI=1S/C10H15N5O2/c11-8-7-15-3-1-13-10(15)9(14-8)12-2-5-17-6-4-16/h1,3,7,16H,2,4-6,11H2,(H,12,14). The van der Waals surface area contributed by atoms with Crippen LogP contribution in [-0.2, 0) is 4.74 Å².